The molecule has 4 heteroatoms. The molecule has 5 aliphatic rings. The van der Waals surface area contributed by atoms with Gasteiger partial charge in [-0.15, -0.1) is 0 Å². The lowest BCUT2D eigenvalue weighted by atomic mass is 9.71. The highest BCUT2D eigenvalue weighted by Crippen LogP contribution is 2.49. The molecule has 4 heterocycles. The topological polar surface area (TPSA) is 30.9 Å². The molecular formula is C38H62N4. The predicted molar refractivity (Wildman–Crippen MR) is 178 cm³/mol. The van der Waals surface area contributed by atoms with Gasteiger partial charge in [-0.1, -0.05) is 84.7 Å². The van der Waals surface area contributed by atoms with E-state index in [1.807, 2.05) is 0 Å². The summed E-state index contributed by atoms with van der Waals surface area (Å²) >= 11 is 0. The maximum absolute atomic E-state index is 5.17. The van der Waals surface area contributed by atoms with Crippen LogP contribution in [-0.4, -0.2) is 60.1 Å². The van der Waals surface area contributed by atoms with Gasteiger partial charge in [0.1, 0.15) is 6.17 Å². The Bertz CT molecular complexity index is 1030. The Labute approximate surface area is 258 Å². The summed E-state index contributed by atoms with van der Waals surface area (Å²) in [6.07, 6.45) is 18.1. The number of hydrogen-bond donors (Lipinski definition) is 1. The maximum atomic E-state index is 5.17. The first-order chi connectivity index (χ1) is 20.1. The average molecular weight is 575 g/mol. The molecule has 1 aromatic carbocycles. The van der Waals surface area contributed by atoms with Crippen molar-refractivity contribution in [1.29, 1.82) is 0 Å². The zero-order valence-electron chi connectivity index (χ0n) is 27.9. The molecular weight excluding hydrogens is 512 g/mol. The van der Waals surface area contributed by atoms with Gasteiger partial charge < -0.3 is 5.32 Å². The van der Waals surface area contributed by atoms with Crippen molar-refractivity contribution >= 4 is 6.21 Å². The van der Waals surface area contributed by atoms with E-state index < -0.39 is 0 Å². The molecule has 0 radical (unpaired) electrons. The Balaban J connectivity index is 1.12. The van der Waals surface area contributed by atoms with E-state index >= 15 is 0 Å². The molecule has 42 heavy (non-hydrogen) atoms. The summed E-state index contributed by atoms with van der Waals surface area (Å²) in [4.78, 5) is 11.0. The van der Waals surface area contributed by atoms with Crippen molar-refractivity contribution in [2.45, 2.75) is 137 Å². The van der Waals surface area contributed by atoms with Crippen LogP contribution in [0.3, 0.4) is 0 Å². The molecule has 3 saturated heterocycles. The van der Waals surface area contributed by atoms with Crippen LogP contribution in [0.4, 0.5) is 0 Å². The number of benzene rings is 1. The minimum atomic E-state index is 0.308. The Morgan fingerprint density at radius 2 is 1.57 bits per heavy atom. The zero-order valence-corrected chi connectivity index (χ0v) is 27.9. The van der Waals surface area contributed by atoms with Crippen molar-refractivity contribution in [2.75, 3.05) is 19.6 Å². The minimum absolute atomic E-state index is 0.308. The van der Waals surface area contributed by atoms with E-state index in [2.05, 4.69) is 93.2 Å². The lowest BCUT2D eigenvalue weighted by Crippen LogP contribution is -2.55. The van der Waals surface area contributed by atoms with E-state index in [1.165, 1.54) is 82.9 Å². The average Bonchev–Trinajstić information content (AvgIpc) is 3.52. The van der Waals surface area contributed by atoms with Gasteiger partial charge in [-0.05, 0) is 110 Å². The third kappa shape index (κ3) is 6.71. The molecule has 4 nitrogen and oxygen atoms in total. The highest BCUT2D eigenvalue weighted by molar-refractivity contribution is 5.58. The van der Waals surface area contributed by atoms with Gasteiger partial charge in [0.2, 0.25) is 0 Å². The molecule has 4 aliphatic heterocycles. The van der Waals surface area contributed by atoms with Crippen LogP contribution in [0.1, 0.15) is 111 Å². The van der Waals surface area contributed by atoms with E-state index in [0.29, 0.717) is 35.2 Å². The molecule has 7 atom stereocenters. The number of hydrogen-bond acceptors (Lipinski definition) is 4. The van der Waals surface area contributed by atoms with Crippen LogP contribution in [-0.2, 0) is 6.42 Å². The van der Waals surface area contributed by atoms with E-state index in [-0.39, 0.29) is 0 Å². The second-order valence-corrected chi connectivity index (χ2v) is 17.2. The molecule has 0 bridgehead atoms. The van der Waals surface area contributed by atoms with Crippen molar-refractivity contribution in [1.82, 2.24) is 15.1 Å². The molecule has 1 N–H and O–H groups in total. The quantitative estimate of drug-likeness (QED) is 0.341. The molecule has 0 amide bonds. The van der Waals surface area contributed by atoms with Crippen LogP contribution in [0.25, 0.3) is 0 Å². The van der Waals surface area contributed by atoms with Crippen molar-refractivity contribution in [2.24, 2.45) is 45.4 Å². The van der Waals surface area contributed by atoms with Crippen molar-refractivity contribution < 1.29 is 0 Å². The first-order valence-electron chi connectivity index (χ1n) is 17.9. The second-order valence-electron chi connectivity index (χ2n) is 17.2. The van der Waals surface area contributed by atoms with Crippen LogP contribution in [0.2, 0.25) is 0 Å². The van der Waals surface area contributed by atoms with E-state index in [4.69, 9.17) is 4.99 Å². The number of likely N-dealkylation sites (tertiary alicyclic amines) is 2. The molecule has 4 fully saturated rings. The summed E-state index contributed by atoms with van der Waals surface area (Å²) in [5.41, 5.74) is 2.10. The van der Waals surface area contributed by atoms with Crippen molar-refractivity contribution in [3.63, 3.8) is 0 Å². The molecule has 7 unspecified atom stereocenters. The summed E-state index contributed by atoms with van der Waals surface area (Å²) in [7, 11) is 0. The zero-order chi connectivity index (χ0) is 29.5. The third-order valence-corrected chi connectivity index (χ3v) is 12.4. The number of rotatable bonds is 8. The van der Waals surface area contributed by atoms with Gasteiger partial charge in [-0.3, -0.25) is 14.8 Å². The predicted octanol–water partition coefficient (Wildman–Crippen LogP) is 8.03. The Morgan fingerprint density at radius 1 is 0.833 bits per heavy atom. The Kier molecular flexibility index (Phi) is 9.26. The van der Waals surface area contributed by atoms with Gasteiger partial charge in [-0.25, -0.2) is 0 Å². The first kappa shape index (κ1) is 30.8. The van der Waals surface area contributed by atoms with Crippen molar-refractivity contribution in [3.8, 4) is 0 Å². The number of nitrogens with one attached hydrogen (secondary N) is 1. The molecule has 1 saturated carbocycles. The number of aliphatic imine (C=N–C) groups is 1. The lowest BCUT2D eigenvalue weighted by molar-refractivity contribution is 0.0373. The van der Waals surface area contributed by atoms with Crippen LogP contribution < -0.4 is 5.32 Å². The fourth-order valence-electron chi connectivity index (χ4n) is 10.2. The lowest BCUT2D eigenvalue weighted by Gasteiger charge is -2.45. The fraction of sp³-hybridized carbons (Fsp3) is 0.816. The standard InChI is InChI=1S/C38H62N4/c1-27-14-16-29(17-15-27)26-42-34(22-31-13-10-19-39-35(31)42)38(5,6)24-30-21-32-23-33(37(2,3)4)41(36(32)40-25-30)20-18-28-11-8-7-9-12-28/h7-9,11-12,19,27,29-36,40H,10,13-18,20-26H2,1-6H3. The fourth-order valence-corrected chi connectivity index (χ4v) is 10.2. The highest BCUT2D eigenvalue weighted by Gasteiger charge is 2.51. The van der Waals surface area contributed by atoms with Gasteiger partial charge in [0, 0.05) is 31.4 Å². The summed E-state index contributed by atoms with van der Waals surface area (Å²) in [5, 5.41) is 4.15. The Morgan fingerprint density at radius 3 is 2.31 bits per heavy atom. The number of fused-ring (bicyclic) bond motifs is 2. The highest BCUT2D eigenvalue weighted by atomic mass is 15.3. The van der Waals surface area contributed by atoms with E-state index in [9.17, 15) is 0 Å². The largest absolute Gasteiger partial charge is 0.301 e. The van der Waals surface area contributed by atoms with Crippen LogP contribution >= 0.6 is 0 Å². The van der Waals surface area contributed by atoms with E-state index in [0.717, 1.165) is 42.6 Å². The number of piperidine rings is 1. The molecule has 0 spiro atoms. The van der Waals surface area contributed by atoms with Crippen molar-refractivity contribution in [3.05, 3.63) is 35.9 Å². The number of nitrogens with zero attached hydrogens (tertiary/aromatic N) is 3. The van der Waals surface area contributed by atoms with Gasteiger partial charge in [0.05, 0.1) is 6.17 Å². The third-order valence-electron chi connectivity index (χ3n) is 12.4. The second kappa shape index (κ2) is 12.6. The van der Waals surface area contributed by atoms with Gasteiger partial charge in [-0.2, -0.15) is 0 Å². The maximum Gasteiger partial charge on any atom is 0.105 e. The molecule has 0 aromatic heterocycles. The van der Waals surface area contributed by atoms with Crippen LogP contribution in [0, 0.1) is 40.4 Å². The summed E-state index contributed by atoms with van der Waals surface area (Å²) in [5.74, 6) is 4.13. The molecule has 1 aliphatic carbocycles. The minimum Gasteiger partial charge on any atom is -0.301 e. The smallest absolute Gasteiger partial charge is 0.105 e. The van der Waals surface area contributed by atoms with Crippen LogP contribution in [0.5, 0.6) is 0 Å². The summed E-state index contributed by atoms with van der Waals surface area (Å²) in [6.45, 7) is 18.7. The van der Waals surface area contributed by atoms with Crippen LogP contribution in [0.15, 0.2) is 35.3 Å². The normalized spacial score (nSPS) is 38.0. The molecule has 1 aromatic rings. The van der Waals surface area contributed by atoms with Gasteiger partial charge in [0.25, 0.3) is 0 Å². The molecule has 6 rings (SSSR count). The monoisotopic (exact) mass is 574 g/mol. The summed E-state index contributed by atoms with van der Waals surface area (Å²) < 4.78 is 0. The molecule has 234 valence electrons. The first-order valence-corrected chi connectivity index (χ1v) is 17.9. The SMILES string of the molecule is CC1CCC(CN2C3N=CCCC3CC2C(C)(C)CC2CNC3C(C2)CC(C(C)(C)C)N3CCc2ccccc2)CC1. The Hall–Kier alpha value is -1.23. The van der Waals surface area contributed by atoms with Gasteiger partial charge >= 0.3 is 0 Å². The van der Waals surface area contributed by atoms with Gasteiger partial charge in [0.15, 0.2) is 0 Å². The van der Waals surface area contributed by atoms with E-state index in [1.54, 1.807) is 0 Å². The summed E-state index contributed by atoms with van der Waals surface area (Å²) in [6, 6.07) is 12.4.